The van der Waals surface area contributed by atoms with Gasteiger partial charge in [-0.25, -0.2) is 14.3 Å². The Balaban J connectivity index is 1.75. The van der Waals surface area contributed by atoms with Crippen LogP contribution < -0.4 is 5.69 Å². The zero-order valence-corrected chi connectivity index (χ0v) is 12.3. The molecule has 4 nitrogen and oxygen atoms in total. The number of benzene rings is 1. The van der Waals surface area contributed by atoms with Crippen LogP contribution in [0.5, 0.6) is 0 Å². The molecule has 1 aromatic heterocycles. The Morgan fingerprint density at radius 3 is 3.00 bits per heavy atom. The summed E-state index contributed by atoms with van der Waals surface area (Å²) < 4.78 is 15.3. The second-order valence-electron chi connectivity index (χ2n) is 4.45. The number of halogens is 2. The summed E-state index contributed by atoms with van der Waals surface area (Å²) >= 11 is 4.64. The zero-order chi connectivity index (χ0) is 13.4. The highest BCUT2D eigenvalue weighted by molar-refractivity contribution is 9.10. The van der Waals surface area contributed by atoms with Crippen LogP contribution >= 0.6 is 27.7 Å². The molecule has 2 aromatic rings. The molecule has 0 bridgehead atoms. The van der Waals surface area contributed by atoms with Crippen LogP contribution in [0.4, 0.5) is 4.39 Å². The first-order valence-electron chi connectivity index (χ1n) is 5.89. The van der Waals surface area contributed by atoms with E-state index >= 15 is 0 Å². The smallest absolute Gasteiger partial charge is 0.267 e. The molecule has 0 amide bonds. The van der Waals surface area contributed by atoms with E-state index in [9.17, 15) is 9.18 Å². The molecule has 7 heteroatoms. The average molecular weight is 344 g/mol. The van der Waals surface area contributed by atoms with Crippen molar-refractivity contribution in [2.24, 2.45) is 0 Å². The van der Waals surface area contributed by atoms with Gasteiger partial charge in [0.1, 0.15) is 5.82 Å². The standard InChI is InChI=1S/C12H11BrFN3OS/c13-9-5-7(1-4-10(9)14)6-19-12-16-15-11(18)17(12)8-2-3-8/h1,4-5,8H,2-3,6H2,(H,15,18). The zero-order valence-electron chi connectivity index (χ0n) is 9.90. The van der Waals surface area contributed by atoms with Gasteiger partial charge in [0.15, 0.2) is 5.16 Å². The number of thioether (sulfide) groups is 1. The summed E-state index contributed by atoms with van der Waals surface area (Å²) in [7, 11) is 0. The van der Waals surface area contributed by atoms with Crippen LogP contribution in [0, 0.1) is 5.82 Å². The molecule has 0 saturated heterocycles. The first-order chi connectivity index (χ1) is 9.15. The number of aromatic nitrogens is 3. The lowest BCUT2D eigenvalue weighted by Gasteiger charge is -2.04. The van der Waals surface area contributed by atoms with Crippen molar-refractivity contribution in [3.05, 3.63) is 44.5 Å². The van der Waals surface area contributed by atoms with Crippen LogP contribution in [0.2, 0.25) is 0 Å². The normalized spacial score (nSPS) is 14.8. The van der Waals surface area contributed by atoms with Crippen molar-refractivity contribution in [3.8, 4) is 0 Å². The highest BCUT2D eigenvalue weighted by Gasteiger charge is 2.28. The van der Waals surface area contributed by atoms with E-state index in [-0.39, 0.29) is 11.5 Å². The second kappa shape index (κ2) is 5.13. The molecule has 0 atom stereocenters. The molecule has 1 aliphatic rings. The van der Waals surface area contributed by atoms with E-state index in [2.05, 4.69) is 26.1 Å². The first kappa shape index (κ1) is 12.9. The Labute approximate surface area is 121 Å². The molecular weight excluding hydrogens is 333 g/mol. The van der Waals surface area contributed by atoms with Crippen LogP contribution in [0.1, 0.15) is 24.4 Å². The number of hydrogen-bond donors (Lipinski definition) is 1. The molecule has 100 valence electrons. The minimum absolute atomic E-state index is 0.148. The molecular formula is C12H11BrFN3OS. The third-order valence-corrected chi connectivity index (χ3v) is 4.57. The highest BCUT2D eigenvalue weighted by atomic mass is 79.9. The second-order valence-corrected chi connectivity index (χ2v) is 6.25. The van der Waals surface area contributed by atoms with Gasteiger partial charge < -0.3 is 0 Å². The minimum atomic E-state index is -0.275. The van der Waals surface area contributed by atoms with Gasteiger partial charge in [0.05, 0.1) is 4.47 Å². The van der Waals surface area contributed by atoms with Crippen molar-refractivity contribution in [2.75, 3.05) is 0 Å². The van der Waals surface area contributed by atoms with E-state index < -0.39 is 0 Å². The maximum absolute atomic E-state index is 13.1. The maximum atomic E-state index is 13.1. The van der Waals surface area contributed by atoms with Gasteiger partial charge in [0, 0.05) is 11.8 Å². The molecule has 0 aliphatic heterocycles. The molecule has 0 spiro atoms. The summed E-state index contributed by atoms with van der Waals surface area (Å²) in [6, 6.07) is 5.21. The van der Waals surface area contributed by atoms with Gasteiger partial charge in [-0.1, -0.05) is 17.8 Å². The predicted molar refractivity (Wildman–Crippen MR) is 74.8 cm³/mol. The maximum Gasteiger partial charge on any atom is 0.344 e. The van der Waals surface area contributed by atoms with Crippen molar-refractivity contribution < 1.29 is 4.39 Å². The third kappa shape index (κ3) is 2.76. The van der Waals surface area contributed by atoms with E-state index in [1.165, 1.54) is 17.8 Å². The van der Waals surface area contributed by atoms with E-state index in [1.807, 2.05) is 0 Å². The summed E-state index contributed by atoms with van der Waals surface area (Å²) in [4.78, 5) is 11.6. The fraction of sp³-hybridized carbons (Fsp3) is 0.333. The van der Waals surface area contributed by atoms with E-state index in [0.717, 1.165) is 18.4 Å². The van der Waals surface area contributed by atoms with Crippen molar-refractivity contribution in [1.82, 2.24) is 14.8 Å². The molecule has 3 rings (SSSR count). The highest BCUT2D eigenvalue weighted by Crippen LogP contribution is 2.36. The summed E-state index contributed by atoms with van der Waals surface area (Å²) in [6.07, 6.45) is 2.07. The number of aromatic amines is 1. The van der Waals surface area contributed by atoms with Crippen molar-refractivity contribution in [2.45, 2.75) is 29.8 Å². The van der Waals surface area contributed by atoms with Crippen molar-refractivity contribution in [3.63, 3.8) is 0 Å². The molecule has 1 saturated carbocycles. The first-order valence-corrected chi connectivity index (χ1v) is 7.66. The molecule has 19 heavy (non-hydrogen) atoms. The lowest BCUT2D eigenvalue weighted by Crippen LogP contribution is -2.16. The number of H-pyrrole nitrogens is 1. The average Bonchev–Trinajstić information content (AvgIpc) is 3.15. The molecule has 1 aromatic carbocycles. The number of hydrogen-bond acceptors (Lipinski definition) is 3. The Morgan fingerprint density at radius 2 is 2.32 bits per heavy atom. The van der Waals surface area contributed by atoms with Crippen LogP contribution in [-0.4, -0.2) is 14.8 Å². The van der Waals surface area contributed by atoms with Gasteiger partial charge in [0.2, 0.25) is 0 Å². The van der Waals surface area contributed by atoms with Gasteiger partial charge in [-0.15, -0.1) is 5.10 Å². The summed E-state index contributed by atoms with van der Waals surface area (Å²) in [5.74, 6) is 0.374. The number of nitrogens with one attached hydrogen (secondary N) is 1. The Hall–Kier alpha value is -1.08. The van der Waals surface area contributed by atoms with Gasteiger partial charge in [0.25, 0.3) is 0 Å². The van der Waals surface area contributed by atoms with Crippen LogP contribution in [0.25, 0.3) is 0 Å². The Bertz CT molecular complexity index is 665. The van der Waals surface area contributed by atoms with Gasteiger partial charge in [-0.3, -0.25) is 4.57 Å². The fourth-order valence-electron chi connectivity index (χ4n) is 1.82. The molecule has 0 unspecified atom stereocenters. The Morgan fingerprint density at radius 1 is 1.53 bits per heavy atom. The van der Waals surface area contributed by atoms with E-state index in [0.29, 0.717) is 21.4 Å². The molecule has 1 fully saturated rings. The Kier molecular flexibility index (Phi) is 3.49. The van der Waals surface area contributed by atoms with Gasteiger partial charge in [-0.2, -0.15) is 0 Å². The summed E-state index contributed by atoms with van der Waals surface area (Å²) in [5.41, 5.74) is 0.835. The van der Waals surface area contributed by atoms with Crippen LogP contribution in [-0.2, 0) is 5.75 Å². The third-order valence-electron chi connectivity index (χ3n) is 2.94. The van der Waals surface area contributed by atoms with Gasteiger partial charge in [-0.05, 0) is 46.5 Å². The molecule has 1 heterocycles. The van der Waals surface area contributed by atoms with Gasteiger partial charge >= 0.3 is 5.69 Å². The topological polar surface area (TPSA) is 50.7 Å². The van der Waals surface area contributed by atoms with Crippen LogP contribution in [0.3, 0.4) is 0 Å². The van der Waals surface area contributed by atoms with Crippen LogP contribution in [0.15, 0.2) is 32.6 Å². The molecule has 1 aliphatic carbocycles. The quantitative estimate of drug-likeness (QED) is 0.868. The monoisotopic (exact) mass is 343 g/mol. The molecule has 1 N–H and O–H groups in total. The summed E-state index contributed by atoms with van der Waals surface area (Å²) in [5, 5.41) is 7.22. The summed E-state index contributed by atoms with van der Waals surface area (Å²) in [6.45, 7) is 0. The van der Waals surface area contributed by atoms with E-state index in [1.54, 1.807) is 16.7 Å². The lowest BCUT2D eigenvalue weighted by atomic mass is 10.2. The number of rotatable bonds is 4. The lowest BCUT2D eigenvalue weighted by molar-refractivity contribution is 0.620. The van der Waals surface area contributed by atoms with Crippen molar-refractivity contribution >= 4 is 27.7 Å². The largest absolute Gasteiger partial charge is 0.344 e. The van der Waals surface area contributed by atoms with E-state index in [4.69, 9.17) is 0 Å². The number of nitrogens with zero attached hydrogens (tertiary/aromatic N) is 2. The predicted octanol–water partition coefficient (Wildman–Crippen LogP) is 3.10. The fourth-order valence-corrected chi connectivity index (χ4v) is 3.21. The van der Waals surface area contributed by atoms with Crippen molar-refractivity contribution in [1.29, 1.82) is 0 Å². The SMILES string of the molecule is O=c1[nH]nc(SCc2ccc(F)c(Br)c2)n1C1CC1. The molecule has 0 radical (unpaired) electrons. The minimum Gasteiger partial charge on any atom is -0.267 e.